The molecule has 0 aliphatic carbocycles. The Labute approximate surface area is 74.6 Å². The molecule has 0 rings (SSSR count). The minimum absolute atomic E-state index is 0.260. The fraction of sp³-hybridized carbons (Fsp3) is 0.700. The van der Waals surface area contributed by atoms with Crippen molar-refractivity contribution in [3.63, 3.8) is 0 Å². The van der Waals surface area contributed by atoms with Gasteiger partial charge in [0.25, 0.3) is 0 Å². The van der Waals surface area contributed by atoms with Gasteiger partial charge in [0, 0.05) is 6.08 Å². The summed E-state index contributed by atoms with van der Waals surface area (Å²) in [5.41, 5.74) is 0. The molecule has 2 heteroatoms. The van der Waals surface area contributed by atoms with E-state index >= 15 is 0 Å². The lowest BCUT2D eigenvalue weighted by Gasteiger charge is -2.06. The minimum atomic E-state index is -0.260. The van der Waals surface area contributed by atoms with E-state index < -0.39 is 0 Å². The van der Waals surface area contributed by atoms with Gasteiger partial charge < -0.3 is 4.74 Å². The predicted octanol–water partition coefficient (Wildman–Crippen LogP) is 2.54. The third kappa shape index (κ3) is 4.94. The lowest BCUT2D eigenvalue weighted by molar-refractivity contribution is -0.134. The monoisotopic (exact) mass is 170 g/mol. The average Bonchev–Trinajstić information content (AvgIpc) is 2.11. The van der Waals surface area contributed by atoms with Gasteiger partial charge in [-0.3, -0.25) is 0 Å². The van der Waals surface area contributed by atoms with Crippen LogP contribution in [0.5, 0.6) is 0 Å². The maximum absolute atomic E-state index is 10.7. The van der Waals surface area contributed by atoms with Crippen molar-refractivity contribution in [1.82, 2.24) is 0 Å². The van der Waals surface area contributed by atoms with E-state index in [0.29, 0.717) is 5.92 Å². The van der Waals surface area contributed by atoms with Crippen LogP contribution in [0.4, 0.5) is 0 Å². The van der Waals surface area contributed by atoms with Crippen LogP contribution in [-0.4, -0.2) is 13.1 Å². The Hall–Kier alpha value is -0.790. The number of ether oxygens (including phenoxy) is 1. The molecule has 0 heterocycles. The highest BCUT2D eigenvalue weighted by Crippen LogP contribution is 2.11. The molecule has 0 aromatic carbocycles. The molecule has 0 aliphatic heterocycles. The van der Waals surface area contributed by atoms with E-state index in [1.165, 1.54) is 13.2 Å². The Morgan fingerprint density at radius 3 is 2.58 bits per heavy atom. The summed E-state index contributed by atoms with van der Waals surface area (Å²) in [6.45, 7) is 4.27. The van der Waals surface area contributed by atoms with Gasteiger partial charge in [-0.05, 0) is 18.8 Å². The molecule has 0 bridgehead atoms. The van der Waals surface area contributed by atoms with E-state index in [2.05, 4.69) is 18.6 Å². The first kappa shape index (κ1) is 11.2. The Kier molecular flexibility index (Phi) is 6.44. The van der Waals surface area contributed by atoms with Gasteiger partial charge in [0.2, 0.25) is 0 Å². The van der Waals surface area contributed by atoms with Crippen molar-refractivity contribution in [3.05, 3.63) is 12.2 Å². The van der Waals surface area contributed by atoms with Crippen molar-refractivity contribution in [2.75, 3.05) is 7.11 Å². The van der Waals surface area contributed by atoms with Gasteiger partial charge in [0.15, 0.2) is 0 Å². The van der Waals surface area contributed by atoms with Gasteiger partial charge in [0.1, 0.15) is 0 Å². The van der Waals surface area contributed by atoms with Gasteiger partial charge in [0.05, 0.1) is 7.11 Å². The standard InChI is InChI=1S/C10H18O2/c1-4-6-9(5-2)7-8-10(11)12-3/h7-9H,4-6H2,1-3H3. The first-order valence-electron chi connectivity index (χ1n) is 4.50. The first-order valence-corrected chi connectivity index (χ1v) is 4.50. The van der Waals surface area contributed by atoms with Crippen molar-refractivity contribution < 1.29 is 9.53 Å². The molecule has 0 fully saturated rings. The van der Waals surface area contributed by atoms with Crippen LogP contribution < -0.4 is 0 Å². The SMILES string of the molecule is CCCC(C=CC(=O)OC)CC. The van der Waals surface area contributed by atoms with Crippen LogP contribution in [0.2, 0.25) is 0 Å². The second-order valence-corrected chi connectivity index (χ2v) is 2.84. The van der Waals surface area contributed by atoms with E-state index in [9.17, 15) is 4.79 Å². The Morgan fingerprint density at radius 2 is 2.17 bits per heavy atom. The molecule has 0 aromatic heterocycles. The number of methoxy groups -OCH3 is 1. The zero-order valence-electron chi connectivity index (χ0n) is 8.17. The van der Waals surface area contributed by atoms with Crippen LogP contribution in [-0.2, 0) is 9.53 Å². The third-order valence-corrected chi connectivity index (χ3v) is 1.89. The molecule has 0 amide bonds. The molecule has 0 aromatic rings. The molecular weight excluding hydrogens is 152 g/mol. The fourth-order valence-electron chi connectivity index (χ4n) is 1.09. The van der Waals surface area contributed by atoms with Gasteiger partial charge in [-0.25, -0.2) is 4.79 Å². The van der Waals surface area contributed by atoms with Gasteiger partial charge in [-0.15, -0.1) is 0 Å². The van der Waals surface area contributed by atoms with Crippen LogP contribution in [0.1, 0.15) is 33.1 Å². The maximum atomic E-state index is 10.7. The van der Waals surface area contributed by atoms with Crippen molar-refractivity contribution in [2.45, 2.75) is 33.1 Å². The molecule has 1 atom stereocenters. The molecule has 0 aliphatic rings. The van der Waals surface area contributed by atoms with Crippen molar-refractivity contribution in [3.8, 4) is 0 Å². The molecule has 1 unspecified atom stereocenters. The van der Waals surface area contributed by atoms with Crippen LogP contribution in [0.15, 0.2) is 12.2 Å². The molecule has 2 nitrogen and oxygen atoms in total. The summed E-state index contributed by atoms with van der Waals surface area (Å²) in [4.78, 5) is 10.7. The molecule has 0 saturated heterocycles. The third-order valence-electron chi connectivity index (χ3n) is 1.89. The number of allylic oxidation sites excluding steroid dienone is 1. The highest BCUT2D eigenvalue weighted by atomic mass is 16.5. The average molecular weight is 170 g/mol. The van der Waals surface area contributed by atoms with E-state index in [4.69, 9.17) is 0 Å². The molecular formula is C10H18O2. The fourth-order valence-corrected chi connectivity index (χ4v) is 1.09. The largest absolute Gasteiger partial charge is 0.466 e. The van der Waals surface area contributed by atoms with Crippen molar-refractivity contribution >= 4 is 5.97 Å². The topological polar surface area (TPSA) is 26.3 Å². The van der Waals surface area contributed by atoms with E-state index in [1.54, 1.807) is 0 Å². The van der Waals surface area contributed by atoms with E-state index in [-0.39, 0.29) is 5.97 Å². The Balaban J connectivity index is 3.83. The second-order valence-electron chi connectivity index (χ2n) is 2.84. The molecule has 0 N–H and O–H groups in total. The lowest BCUT2D eigenvalue weighted by Crippen LogP contribution is -1.98. The highest BCUT2D eigenvalue weighted by Gasteiger charge is 2.00. The molecule has 12 heavy (non-hydrogen) atoms. The van der Waals surface area contributed by atoms with Crippen LogP contribution in [0, 0.1) is 5.92 Å². The zero-order chi connectivity index (χ0) is 9.40. The van der Waals surface area contributed by atoms with Gasteiger partial charge in [-0.2, -0.15) is 0 Å². The summed E-state index contributed by atoms with van der Waals surface area (Å²) in [5, 5.41) is 0. The van der Waals surface area contributed by atoms with Crippen molar-refractivity contribution in [1.29, 1.82) is 0 Å². The van der Waals surface area contributed by atoms with E-state index in [1.807, 2.05) is 6.08 Å². The normalized spacial score (nSPS) is 13.2. The van der Waals surface area contributed by atoms with Crippen LogP contribution >= 0.6 is 0 Å². The summed E-state index contributed by atoms with van der Waals surface area (Å²) < 4.78 is 4.50. The lowest BCUT2D eigenvalue weighted by atomic mass is 10.0. The molecule has 0 spiro atoms. The molecule has 0 saturated carbocycles. The van der Waals surface area contributed by atoms with Crippen molar-refractivity contribution in [2.24, 2.45) is 5.92 Å². The summed E-state index contributed by atoms with van der Waals surface area (Å²) in [7, 11) is 1.40. The summed E-state index contributed by atoms with van der Waals surface area (Å²) in [6.07, 6.45) is 6.84. The number of carbonyl (C=O) groups is 1. The Morgan fingerprint density at radius 1 is 1.50 bits per heavy atom. The second kappa shape index (κ2) is 6.89. The molecule has 0 radical (unpaired) electrons. The molecule has 70 valence electrons. The smallest absolute Gasteiger partial charge is 0.330 e. The zero-order valence-corrected chi connectivity index (χ0v) is 8.17. The first-order chi connectivity index (χ1) is 5.74. The van der Waals surface area contributed by atoms with Crippen LogP contribution in [0.25, 0.3) is 0 Å². The number of hydrogen-bond donors (Lipinski definition) is 0. The number of rotatable bonds is 5. The Bertz CT molecular complexity index is 150. The predicted molar refractivity (Wildman–Crippen MR) is 49.8 cm³/mol. The van der Waals surface area contributed by atoms with E-state index in [0.717, 1.165) is 19.3 Å². The maximum Gasteiger partial charge on any atom is 0.330 e. The van der Waals surface area contributed by atoms with Gasteiger partial charge >= 0.3 is 5.97 Å². The minimum Gasteiger partial charge on any atom is -0.466 e. The summed E-state index contributed by atoms with van der Waals surface area (Å²) in [5.74, 6) is 0.263. The van der Waals surface area contributed by atoms with Crippen LogP contribution in [0.3, 0.4) is 0 Å². The number of carbonyl (C=O) groups excluding carboxylic acids is 1. The quantitative estimate of drug-likeness (QED) is 0.468. The summed E-state index contributed by atoms with van der Waals surface area (Å²) in [6, 6.07) is 0. The highest BCUT2D eigenvalue weighted by molar-refractivity contribution is 5.81. The number of hydrogen-bond acceptors (Lipinski definition) is 2. The number of esters is 1. The summed E-state index contributed by atoms with van der Waals surface area (Å²) >= 11 is 0. The van der Waals surface area contributed by atoms with Gasteiger partial charge in [-0.1, -0.05) is 26.3 Å².